The highest BCUT2D eigenvalue weighted by Crippen LogP contribution is 2.18. The van der Waals surface area contributed by atoms with E-state index in [0.717, 1.165) is 11.1 Å². The average Bonchev–Trinajstić information content (AvgIpc) is 2.79. The summed E-state index contributed by atoms with van der Waals surface area (Å²) in [6, 6.07) is 6.71. The van der Waals surface area contributed by atoms with Crippen LogP contribution in [0.4, 0.5) is 4.39 Å². The van der Waals surface area contributed by atoms with Gasteiger partial charge in [0.25, 0.3) is 0 Å². The number of hydrogen-bond acceptors (Lipinski definition) is 3. The lowest BCUT2D eigenvalue weighted by Gasteiger charge is -2.07. The van der Waals surface area contributed by atoms with Crippen LogP contribution in [0.5, 0.6) is 5.75 Å². The van der Waals surface area contributed by atoms with Crippen LogP contribution in [0.1, 0.15) is 11.1 Å². The molecule has 0 saturated heterocycles. The van der Waals surface area contributed by atoms with Crippen LogP contribution in [0.3, 0.4) is 0 Å². The van der Waals surface area contributed by atoms with Crippen molar-refractivity contribution in [2.45, 2.75) is 13.0 Å². The van der Waals surface area contributed by atoms with Gasteiger partial charge >= 0.3 is 0 Å². The number of rotatable bonds is 5. The van der Waals surface area contributed by atoms with Crippen LogP contribution in [0, 0.1) is 5.82 Å². The number of ether oxygens (including phenoxy) is 1. The van der Waals surface area contributed by atoms with Gasteiger partial charge in [0.2, 0.25) is 0 Å². The monoisotopic (exact) mass is 251 g/mol. The number of benzene rings is 1. The zero-order valence-corrected chi connectivity index (χ0v) is 10.2. The minimum absolute atomic E-state index is 0.281. The third-order valence-electron chi connectivity index (χ3n) is 2.35. The second-order valence-corrected chi connectivity index (χ2v) is 4.53. The molecule has 1 aromatic heterocycles. The van der Waals surface area contributed by atoms with Crippen molar-refractivity contribution in [1.82, 2.24) is 0 Å². The first kappa shape index (κ1) is 12.1. The van der Waals surface area contributed by atoms with E-state index in [1.165, 1.54) is 12.1 Å². The predicted molar refractivity (Wildman–Crippen MR) is 67.8 cm³/mol. The van der Waals surface area contributed by atoms with E-state index in [-0.39, 0.29) is 5.82 Å². The molecule has 0 radical (unpaired) electrons. The molecule has 2 aromatic rings. The lowest BCUT2D eigenvalue weighted by molar-refractivity contribution is 0.305. The lowest BCUT2D eigenvalue weighted by Crippen LogP contribution is -2.03. The van der Waals surface area contributed by atoms with E-state index in [1.54, 1.807) is 11.3 Å². The Morgan fingerprint density at radius 1 is 1.24 bits per heavy atom. The summed E-state index contributed by atoms with van der Waals surface area (Å²) in [6.07, 6.45) is 0.659. The quantitative estimate of drug-likeness (QED) is 0.886. The smallest absolute Gasteiger partial charge is 0.127 e. The van der Waals surface area contributed by atoms with E-state index in [2.05, 4.69) is 0 Å². The van der Waals surface area contributed by atoms with Gasteiger partial charge in [0.05, 0.1) is 0 Å². The molecule has 0 atom stereocenters. The van der Waals surface area contributed by atoms with Crippen molar-refractivity contribution in [1.29, 1.82) is 0 Å². The Hall–Kier alpha value is -1.39. The zero-order chi connectivity index (χ0) is 12.1. The lowest BCUT2D eigenvalue weighted by atomic mass is 10.1. The number of nitrogens with two attached hydrogens (primary N) is 1. The van der Waals surface area contributed by atoms with Crippen molar-refractivity contribution >= 4 is 11.3 Å². The number of hydrogen-bond donors (Lipinski definition) is 1. The standard InChI is InChI=1S/C13H14FNOS/c14-12-5-10(1-3-15)6-13(7-12)16-8-11-2-4-17-9-11/h2,4-7,9H,1,3,8,15H2. The van der Waals surface area contributed by atoms with Gasteiger partial charge in [0.1, 0.15) is 18.2 Å². The fourth-order valence-corrected chi connectivity index (χ4v) is 2.21. The van der Waals surface area contributed by atoms with Gasteiger partial charge in [-0.1, -0.05) is 0 Å². The molecule has 0 aliphatic rings. The Morgan fingerprint density at radius 3 is 2.82 bits per heavy atom. The van der Waals surface area contributed by atoms with Crippen LogP contribution in [0.15, 0.2) is 35.0 Å². The van der Waals surface area contributed by atoms with Gasteiger partial charge in [0.15, 0.2) is 0 Å². The fraction of sp³-hybridized carbons (Fsp3) is 0.231. The first-order chi connectivity index (χ1) is 8.28. The normalized spacial score (nSPS) is 10.5. The minimum Gasteiger partial charge on any atom is -0.489 e. The van der Waals surface area contributed by atoms with Crippen molar-refractivity contribution in [2.75, 3.05) is 6.54 Å². The van der Waals surface area contributed by atoms with Gasteiger partial charge in [-0.05, 0) is 53.1 Å². The molecule has 0 aliphatic carbocycles. The summed E-state index contributed by atoms with van der Waals surface area (Å²) < 4.78 is 18.8. The van der Waals surface area contributed by atoms with Crippen molar-refractivity contribution in [3.05, 3.63) is 52.0 Å². The molecule has 17 heavy (non-hydrogen) atoms. The summed E-state index contributed by atoms with van der Waals surface area (Å²) in [5.74, 6) is 0.274. The molecule has 0 unspecified atom stereocenters. The van der Waals surface area contributed by atoms with Crippen molar-refractivity contribution < 1.29 is 9.13 Å². The van der Waals surface area contributed by atoms with Crippen LogP contribution in [0.25, 0.3) is 0 Å². The van der Waals surface area contributed by atoms with E-state index in [1.807, 2.05) is 22.9 Å². The maximum Gasteiger partial charge on any atom is 0.127 e. The first-order valence-corrected chi connectivity index (χ1v) is 6.35. The molecule has 0 spiro atoms. The topological polar surface area (TPSA) is 35.2 Å². The summed E-state index contributed by atoms with van der Waals surface area (Å²) in [5, 5.41) is 4.00. The van der Waals surface area contributed by atoms with Crippen LogP contribution >= 0.6 is 11.3 Å². The highest BCUT2D eigenvalue weighted by Gasteiger charge is 2.02. The molecule has 1 aromatic carbocycles. The van der Waals surface area contributed by atoms with Gasteiger partial charge in [-0.3, -0.25) is 0 Å². The molecular formula is C13H14FNOS. The maximum atomic E-state index is 13.3. The Morgan fingerprint density at radius 2 is 2.12 bits per heavy atom. The van der Waals surface area contributed by atoms with Gasteiger partial charge in [0, 0.05) is 6.07 Å². The second-order valence-electron chi connectivity index (χ2n) is 3.75. The molecule has 2 nitrogen and oxygen atoms in total. The van der Waals surface area contributed by atoms with Gasteiger partial charge in [-0.25, -0.2) is 4.39 Å². The Kier molecular flexibility index (Phi) is 4.12. The molecule has 1 heterocycles. The van der Waals surface area contributed by atoms with Crippen LogP contribution < -0.4 is 10.5 Å². The van der Waals surface area contributed by atoms with E-state index in [4.69, 9.17) is 10.5 Å². The summed E-state index contributed by atoms with van der Waals surface area (Å²) >= 11 is 1.62. The largest absolute Gasteiger partial charge is 0.489 e. The number of thiophene rings is 1. The summed E-state index contributed by atoms with van der Waals surface area (Å²) in [5.41, 5.74) is 7.42. The molecule has 2 rings (SSSR count). The third-order valence-corrected chi connectivity index (χ3v) is 3.08. The first-order valence-electron chi connectivity index (χ1n) is 5.41. The molecule has 0 aliphatic heterocycles. The van der Waals surface area contributed by atoms with Crippen LogP contribution in [0.2, 0.25) is 0 Å². The summed E-state index contributed by atoms with van der Waals surface area (Å²) in [6.45, 7) is 0.975. The van der Waals surface area contributed by atoms with Gasteiger partial charge in [-0.2, -0.15) is 11.3 Å². The molecule has 0 fully saturated rings. The summed E-state index contributed by atoms with van der Waals surface area (Å²) in [7, 11) is 0. The zero-order valence-electron chi connectivity index (χ0n) is 9.36. The molecular weight excluding hydrogens is 237 g/mol. The number of halogens is 1. The van der Waals surface area contributed by atoms with Crippen LogP contribution in [-0.2, 0) is 13.0 Å². The molecule has 2 N–H and O–H groups in total. The molecule has 0 saturated carbocycles. The molecule has 90 valence electrons. The predicted octanol–water partition coefficient (Wildman–Crippen LogP) is 2.97. The highest BCUT2D eigenvalue weighted by atomic mass is 32.1. The van der Waals surface area contributed by atoms with E-state index in [9.17, 15) is 4.39 Å². The Labute approximate surface area is 104 Å². The minimum atomic E-state index is -0.281. The Bertz CT molecular complexity index is 470. The van der Waals surface area contributed by atoms with Gasteiger partial charge in [-0.15, -0.1) is 0 Å². The highest BCUT2D eigenvalue weighted by molar-refractivity contribution is 7.07. The SMILES string of the molecule is NCCc1cc(F)cc(OCc2ccsc2)c1. The van der Waals surface area contributed by atoms with E-state index >= 15 is 0 Å². The van der Waals surface area contributed by atoms with Crippen molar-refractivity contribution in [2.24, 2.45) is 5.73 Å². The van der Waals surface area contributed by atoms with E-state index < -0.39 is 0 Å². The van der Waals surface area contributed by atoms with Crippen molar-refractivity contribution in [3.63, 3.8) is 0 Å². The molecule has 0 amide bonds. The van der Waals surface area contributed by atoms with Gasteiger partial charge < -0.3 is 10.5 Å². The van der Waals surface area contributed by atoms with Crippen molar-refractivity contribution in [3.8, 4) is 5.75 Å². The molecule has 0 bridgehead atoms. The molecule has 4 heteroatoms. The second kappa shape index (κ2) is 5.80. The average molecular weight is 251 g/mol. The third kappa shape index (κ3) is 3.54. The Balaban J connectivity index is 2.04. The summed E-state index contributed by atoms with van der Waals surface area (Å²) in [4.78, 5) is 0. The van der Waals surface area contributed by atoms with Crippen LogP contribution in [-0.4, -0.2) is 6.54 Å². The van der Waals surface area contributed by atoms with E-state index in [0.29, 0.717) is 25.3 Å². The fourth-order valence-electron chi connectivity index (χ4n) is 1.56. The maximum absolute atomic E-state index is 13.3.